The van der Waals surface area contributed by atoms with E-state index in [1.807, 2.05) is 30.4 Å². The molecule has 82 valence electrons. The van der Waals surface area contributed by atoms with E-state index in [0.29, 0.717) is 0 Å². The summed E-state index contributed by atoms with van der Waals surface area (Å²) in [4.78, 5) is 0. The van der Waals surface area contributed by atoms with E-state index in [9.17, 15) is 0 Å². The van der Waals surface area contributed by atoms with E-state index in [-0.39, 0.29) is 0 Å². The Kier molecular flexibility index (Phi) is 5.07. The maximum atomic E-state index is 4.08. The fourth-order valence-corrected chi connectivity index (χ4v) is 1.55. The van der Waals surface area contributed by atoms with Gasteiger partial charge >= 0.3 is 0 Å². The molecule has 0 atom stereocenters. The molecule has 0 fully saturated rings. The third-order valence-corrected chi connectivity index (χ3v) is 2.34. The standard InChI is InChI=1S/C16H18/c1-4-9-15(10-5-2)13-14(3)16-11-7-6-8-12-16/h4-8,11-13H,1-3,9-10H2. The van der Waals surface area contributed by atoms with E-state index in [1.54, 1.807) is 0 Å². The average Bonchev–Trinajstić information content (AvgIpc) is 2.31. The number of hydrogen-bond acceptors (Lipinski definition) is 0. The molecule has 1 aromatic carbocycles. The summed E-state index contributed by atoms with van der Waals surface area (Å²) in [5.41, 5.74) is 3.49. The molecule has 0 heterocycles. The Balaban J connectivity index is 2.84. The minimum absolute atomic E-state index is 0.887. The Bertz CT molecular complexity index is 381. The van der Waals surface area contributed by atoms with Crippen LogP contribution in [0.25, 0.3) is 5.57 Å². The van der Waals surface area contributed by atoms with Crippen molar-refractivity contribution >= 4 is 5.57 Å². The maximum absolute atomic E-state index is 4.08. The molecular weight excluding hydrogens is 192 g/mol. The molecule has 0 N–H and O–H groups in total. The zero-order valence-corrected chi connectivity index (χ0v) is 9.65. The molecule has 0 aliphatic rings. The van der Waals surface area contributed by atoms with Crippen LogP contribution in [0.1, 0.15) is 18.4 Å². The second-order valence-electron chi connectivity index (χ2n) is 3.68. The zero-order chi connectivity index (χ0) is 11.8. The van der Waals surface area contributed by atoms with Gasteiger partial charge in [0.25, 0.3) is 0 Å². The Morgan fingerprint density at radius 1 is 1.00 bits per heavy atom. The largest absolute Gasteiger partial charge is 0.103 e. The molecule has 0 aromatic heterocycles. The van der Waals surface area contributed by atoms with Gasteiger partial charge in [0.1, 0.15) is 0 Å². The highest BCUT2D eigenvalue weighted by Gasteiger charge is 1.97. The molecule has 0 aliphatic carbocycles. The van der Waals surface area contributed by atoms with Crippen molar-refractivity contribution in [1.29, 1.82) is 0 Å². The summed E-state index contributed by atoms with van der Waals surface area (Å²) < 4.78 is 0. The van der Waals surface area contributed by atoms with Crippen molar-refractivity contribution < 1.29 is 0 Å². The Morgan fingerprint density at radius 3 is 2.06 bits per heavy atom. The second kappa shape index (κ2) is 6.62. The molecule has 0 saturated carbocycles. The molecule has 16 heavy (non-hydrogen) atoms. The molecule has 1 rings (SSSR count). The third-order valence-electron chi connectivity index (χ3n) is 2.34. The predicted octanol–water partition coefficient (Wildman–Crippen LogP) is 4.78. The van der Waals surface area contributed by atoms with Crippen LogP contribution in [0.3, 0.4) is 0 Å². The van der Waals surface area contributed by atoms with Crippen LogP contribution in [0.15, 0.2) is 73.9 Å². The van der Waals surface area contributed by atoms with Gasteiger partial charge in [-0.3, -0.25) is 0 Å². The number of benzene rings is 1. The van der Waals surface area contributed by atoms with Crippen LogP contribution in [0.5, 0.6) is 0 Å². The molecule has 0 amide bonds. The molecule has 0 spiro atoms. The van der Waals surface area contributed by atoms with Crippen LogP contribution in [0.4, 0.5) is 0 Å². The lowest BCUT2D eigenvalue weighted by Crippen LogP contribution is -1.83. The zero-order valence-electron chi connectivity index (χ0n) is 9.65. The summed E-state index contributed by atoms with van der Waals surface area (Å²) in [6.07, 6.45) is 7.72. The van der Waals surface area contributed by atoms with E-state index < -0.39 is 0 Å². The van der Waals surface area contributed by atoms with E-state index in [2.05, 4.69) is 37.9 Å². The van der Waals surface area contributed by atoms with Gasteiger partial charge in [0.05, 0.1) is 0 Å². The van der Waals surface area contributed by atoms with E-state index in [1.165, 1.54) is 5.57 Å². The Morgan fingerprint density at radius 2 is 1.56 bits per heavy atom. The van der Waals surface area contributed by atoms with Gasteiger partial charge in [0, 0.05) is 0 Å². The van der Waals surface area contributed by atoms with E-state index in [4.69, 9.17) is 0 Å². The highest BCUT2D eigenvalue weighted by atomic mass is 14.0. The van der Waals surface area contributed by atoms with E-state index in [0.717, 1.165) is 24.0 Å². The van der Waals surface area contributed by atoms with Gasteiger partial charge < -0.3 is 0 Å². The van der Waals surface area contributed by atoms with Crippen molar-refractivity contribution in [3.63, 3.8) is 0 Å². The number of hydrogen-bond donors (Lipinski definition) is 0. The molecule has 0 aliphatic heterocycles. The smallest absolute Gasteiger partial charge is 0.0135 e. The lowest BCUT2D eigenvalue weighted by Gasteiger charge is -2.04. The monoisotopic (exact) mass is 210 g/mol. The molecule has 0 nitrogen and oxygen atoms in total. The first-order valence-corrected chi connectivity index (χ1v) is 5.43. The molecule has 0 radical (unpaired) electrons. The van der Waals surface area contributed by atoms with Gasteiger partial charge in [-0.1, -0.05) is 60.7 Å². The quantitative estimate of drug-likeness (QED) is 0.468. The van der Waals surface area contributed by atoms with E-state index >= 15 is 0 Å². The summed E-state index contributed by atoms with van der Waals surface area (Å²) in [5.74, 6) is 0. The fourth-order valence-electron chi connectivity index (χ4n) is 1.55. The SMILES string of the molecule is C=CCC(=CC(=C)c1ccccc1)CC=C. The third kappa shape index (κ3) is 3.74. The molecular formula is C16H18. The molecule has 0 unspecified atom stereocenters. The molecule has 0 bridgehead atoms. The van der Waals surface area contributed by atoms with Crippen LogP contribution in [-0.4, -0.2) is 0 Å². The highest BCUT2D eigenvalue weighted by molar-refractivity contribution is 5.72. The van der Waals surface area contributed by atoms with Gasteiger partial charge in [0.2, 0.25) is 0 Å². The fraction of sp³-hybridized carbons (Fsp3) is 0.125. The summed E-state index contributed by atoms with van der Waals surface area (Å²) in [6, 6.07) is 10.2. The topological polar surface area (TPSA) is 0 Å². The van der Waals surface area contributed by atoms with Crippen LogP contribution >= 0.6 is 0 Å². The summed E-state index contributed by atoms with van der Waals surface area (Å²) in [5, 5.41) is 0. The normalized spacial score (nSPS) is 9.25. The Hall–Kier alpha value is -1.82. The predicted molar refractivity (Wildman–Crippen MR) is 73.2 cm³/mol. The van der Waals surface area contributed by atoms with Crippen molar-refractivity contribution in [2.24, 2.45) is 0 Å². The van der Waals surface area contributed by atoms with Gasteiger partial charge in [0.15, 0.2) is 0 Å². The van der Waals surface area contributed by atoms with Crippen molar-refractivity contribution in [2.45, 2.75) is 12.8 Å². The average molecular weight is 210 g/mol. The van der Waals surface area contributed by atoms with Crippen molar-refractivity contribution in [3.05, 3.63) is 79.4 Å². The first-order valence-electron chi connectivity index (χ1n) is 5.43. The summed E-state index contributed by atoms with van der Waals surface area (Å²) in [6.45, 7) is 11.6. The molecule has 1 aromatic rings. The van der Waals surface area contributed by atoms with Crippen molar-refractivity contribution in [3.8, 4) is 0 Å². The summed E-state index contributed by atoms with van der Waals surface area (Å²) in [7, 11) is 0. The number of rotatable bonds is 6. The van der Waals surface area contributed by atoms with Gasteiger partial charge in [-0.15, -0.1) is 13.2 Å². The van der Waals surface area contributed by atoms with Gasteiger partial charge in [-0.2, -0.15) is 0 Å². The second-order valence-corrected chi connectivity index (χ2v) is 3.68. The minimum Gasteiger partial charge on any atom is -0.103 e. The van der Waals surface area contributed by atoms with Crippen molar-refractivity contribution in [2.75, 3.05) is 0 Å². The lowest BCUT2D eigenvalue weighted by atomic mass is 10.0. The Labute approximate surface area is 98.3 Å². The lowest BCUT2D eigenvalue weighted by molar-refractivity contribution is 1.12. The highest BCUT2D eigenvalue weighted by Crippen LogP contribution is 2.18. The first kappa shape index (κ1) is 12.3. The summed E-state index contributed by atoms with van der Waals surface area (Å²) >= 11 is 0. The van der Waals surface area contributed by atoms with Crippen LogP contribution in [0.2, 0.25) is 0 Å². The van der Waals surface area contributed by atoms with Gasteiger partial charge in [-0.25, -0.2) is 0 Å². The van der Waals surface area contributed by atoms with Gasteiger partial charge in [-0.05, 0) is 24.0 Å². The number of allylic oxidation sites excluding steroid dienone is 5. The van der Waals surface area contributed by atoms with Crippen molar-refractivity contribution in [1.82, 2.24) is 0 Å². The van der Waals surface area contributed by atoms with Crippen LogP contribution in [-0.2, 0) is 0 Å². The molecule has 0 heteroatoms. The molecule has 0 saturated heterocycles. The minimum atomic E-state index is 0.887. The van der Waals surface area contributed by atoms with Crippen LogP contribution in [0, 0.1) is 0 Å². The maximum Gasteiger partial charge on any atom is -0.0135 e. The van der Waals surface area contributed by atoms with Crippen LogP contribution < -0.4 is 0 Å². The first-order chi connectivity index (χ1) is 7.77.